The minimum Gasteiger partial charge on any atom is -0.495 e. The van der Waals surface area contributed by atoms with Gasteiger partial charge in [0.2, 0.25) is 15.9 Å². The van der Waals surface area contributed by atoms with Gasteiger partial charge in [0.15, 0.2) is 6.10 Å². The molecule has 0 aromatic heterocycles. The summed E-state index contributed by atoms with van der Waals surface area (Å²) >= 11 is 0. The van der Waals surface area contributed by atoms with E-state index in [2.05, 4.69) is 10.6 Å². The van der Waals surface area contributed by atoms with E-state index in [0.717, 1.165) is 0 Å². The highest BCUT2D eigenvalue weighted by Crippen LogP contribution is 2.37. The van der Waals surface area contributed by atoms with Gasteiger partial charge in [-0.05, 0) is 49.9 Å². The SMILES string of the molecule is CC[C@H]1Oc2cc(S(=O)(=O)N3CCC[C@H](C(=O)Nc4ccccc4OC)C3)c(C)cc2NC1=O. The Bertz CT molecular complexity index is 1210. The van der Waals surface area contributed by atoms with Crippen LogP contribution in [0.1, 0.15) is 31.7 Å². The molecule has 34 heavy (non-hydrogen) atoms. The summed E-state index contributed by atoms with van der Waals surface area (Å²) in [6.45, 7) is 3.91. The minimum atomic E-state index is -3.88. The van der Waals surface area contributed by atoms with E-state index < -0.39 is 22.0 Å². The molecule has 2 amide bonds. The molecule has 2 aliphatic heterocycles. The molecule has 0 spiro atoms. The van der Waals surface area contributed by atoms with E-state index in [1.54, 1.807) is 31.2 Å². The topological polar surface area (TPSA) is 114 Å². The summed E-state index contributed by atoms with van der Waals surface area (Å²) in [5.41, 5.74) is 1.50. The van der Waals surface area contributed by atoms with Gasteiger partial charge in [-0.3, -0.25) is 9.59 Å². The average molecular weight is 488 g/mol. The van der Waals surface area contributed by atoms with Gasteiger partial charge in [-0.1, -0.05) is 19.1 Å². The van der Waals surface area contributed by atoms with Crippen LogP contribution < -0.4 is 20.1 Å². The molecule has 0 unspecified atom stereocenters. The molecule has 0 aliphatic carbocycles. The Morgan fingerprint density at radius 1 is 1.29 bits per heavy atom. The third kappa shape index (κ3) is 4.60. The third-order valence-corrected chi connectivity index (χ3v) is 8.21. The van der Waals surface area contributed by atoms with Gasteiger partial charge in [0.25, 0.3) is 5.91 Å². The first kappa shape index (κ1) is 24.0. The summed E-state index contributed by atoms with van der Waals surface area (Å²) in [6.07, 6.45) is 0.959. The molecule has 2 aromatic carbocycles. The van der Waals surface area contributed by atoms with E-state index >= 15 is 0 Å². The second-order valence-corrected chi connectivity index (χ2v) is 10.4. The maximum Gasteiger partial charge on any atom is 0.265 e. The van der Waals surface area contributed by atoms with Gasteiger partial charge in [-0.2, -0.15) is 4.31 Å². The molecular weight excluding hydrogens is 458 g/mol. The minimum absolute atomic E-state index is 0.0784. The van der Waals surface area contributed by atoms with E-state index in [1.165, 1.54) is 17.5 Å². The number of nitrogens with one attached hydrogen (secondary N) is 2. The lowest BCUT2D eigenvalue weighted by Crippen LogP contribution is -2.44. The smallest absolute Gasteiger partial charge is 0.265 e. The van der Waals surface area contributed by atoms with Gasteiger partial charge in [0.05, 0.1) is 29.3 Å². The maximum absolute atomic E-state index is 13.6. The molecule has 182 valence electrons. The van der Waals surface area contributed by atoms with Crippen LogP contribution >= 0.6 is 0 Å². The molecule has 2 aliphatic rings. The predicted molar refractivity (Wildman–Crippen MR) is 128 cm³/mol. The van der Waals surface area contributed by atoms with Gasteiger partial charge >= 0.3 is 0 Å². The summed E-state index contributed by atoms with van der Waals surface area (Å²) in [5, 5.41) is 5.64. The van der Waals surface area contributed by atoms with E-state index in [1.807, 2.05) is 13.0 Å². The van der Waals surface area contributed by atoms with Crippen LogP contribution in [0, 0.1) is 12.8 Å². The lowest BCUT2D eigenvalue weighted by Gasteiger charge is -2.32. The van der Waals surface area contributed by atoms with Crippen molar-refractivity contribution in [3.05, 3.63) is 42.0 Å². The number of carbonyl (C=O) groups is 2. The van der Waals surface area contributed by atoms with Crippen molar-refractivity contribution in [1.29, 1.82) is 0 Å². The molecule has 2 N–H and O–H groups in total. The zero-order chi connectivity index (χ0) is 24.5. The monoisotopic (exact) mass is 487 g/mol. The molecule has 2 atom stereocenters. The molecule has 9 nitrogen and oxygen atoms in total. The highest BCUT2D eigenvalue weighted by molar-refractivity contribution is 7.89. The molecule has 2 heterocycles. The van der Waals surface area contributed by atoms with Gasteiger partial charge in [-0.25, -0.2) is 8.42 Å². The first-order valence-corrected chi connectivity index (χ1v) is 12.7. The number of hydrogen-bond donors (Lipinski definition) is 2. The van der Waals surface area contributed by atoms with Crippen molar-refractivity contribution >= 4 is 33.2 Å². The molecule has 10 heteroatoms. The first-order valence-electron chi connectivity index (χ1n) is 11.3. The van der Waals surface area contributed by atoms with Crippen LogP contribution in [0.25, 0.3) is 0 Å². The van der Waals surface area contributed by atoms with Crippen molar-refractivity contribution < 1.29 is 27.5 Å². The van der Waals surface area contributed by atoms with E-state index in [-0.39, 0.29) is 23.3 Å². The van der Waals surface area contributed by atoms with Crippen molar-refractivity contribution in [1.82, 2.24) is 4.31 Å². The highest BCUT2D eigenvalue weighted by Gasteiger charge is 2.36. The molecule has 0 bridgehead atoms. The highest BCUT2D eigenvalue weighted by atomic mass is 32.2. The molecule has 4 rings (SSSR count). The fourth-order valence-electron chi connectivity index (χ4n) is 4.33. The Morgan fingerprint density at radius 2 is 2.06 bits per heavy atom. The summed E-state index contributed by atoms with van der Waals surface area (Å²) in [6, 6.07) is 10.2. The number of ether oxygens (including phenoxy) is 2. The quantitative estimate of drug-likeness (QED) is 0.647. The third-order valence-electron chi connectivity index (χ3n) is 6.21. The largest absolute Gasteiger partial charge is 0.495 e. The number of carbonyl (C=O) groups excluding carboxylic acids is 2. The predicted octanol–water partition coefficient (Wildman–Crippen LogP) is 3.15. The Balaban J connectivity index is 1.55. The molecule has 2 aromatic rings. The van der Waals surface area contributed by atoms with Crippen molar-refractivity contribution in [3.63, 3.8) is 0 Å². The van der Waals surface area contributed by atoms with Crippen molar-refractivity contribution in [2.45, 2.75) is 44.1 Å². The van der Waals surface area contributed by atoms with Crippen molar-refractivity contribution in [2.24, 2.45) is 5.92 Å². The molecule has 1 fully saturated rings. The van der Waals surface area contributed by atoms with Crippen LogP contribution in [0.3, 0.4) is 0 Å². The number of methoxy groups -OCH3 is 1. The molecule has 1 saturated heterocycles. The number of nitrogens with zero attached hydrogens (tertiary/aromatic N) is 1. The number of para-hydroxylation sites is 2. The van der Waals surface area contributed by atoms with E-state index in [9.17, 15) is 18.0 Å². The fourth-order valence-corrected chi connectivity index (χ4v) is 6.07. The van der Waals surface area contributed by atoms with Crippen LogP contribution in [0.4, 0.5) is 11.4 Å². The number of benzene rings is 2. The number of aryl methyl sites for hydroxylation is 1. The Morgan fingerprint density at radius 3 is 2.79 bits per heavy atom. The van der Waals surface area contributed by atoms with Gasteiger partial charge in [0, 0.05) is 19.2 Å². The summed E-state index contributed by atoms with van der Waals surface area (Å²) in [4.78, 5) is 25.2. The Labute approximate surface area is 199 Å². The zero-order valence-electron chi connectivity index (χ0n) is 19.5. The van der Waals surface area contributed by atoms with Gasteiger partial charge in [0.1, 0.15) is 11.5 Å². The number of hydrogen-bond acceptors (Lipinski definition) is 6. The van der Waals surface area contributed by atoms with Crippen LogP contribution in [-0.2, 0) is 19.6 Å². The lowest BCUT2D eigenvalue weighted by atomic mass is 9.98. The number of fused-ring (bicyclic) bond motifs is 1. The molecule has 0 saturated carbocycles. The molecular formula is C24H29N3O6S. The Kier molecular flexibility index (Phi) is 6.81. The fraction of sp³-hybridized carbons (Fsp3) is 0.417. The summed E-state index contributed by atoms with van der Waals surface area (Å²) in [7, 11) is -2.35. The van der Waals surface area contributed by atoms with E-state index in [4.69, 9.17) is 9.47 Å². The van der Waals surface area contributed by atoms with Gasteiger partial charge in [-0.15, -0.1) is 0 Å². The number of anilines is 2. The summed E-state index contributed by atoms with van der Waals surface area (Å²) < 4.78 is 39.5. The first-order chi connectivity index (χ1) is 16.2. The van der Waals surface area contributed by atoms with Crippen molar-refractivity contribution in [3.8, 4) is 11.5 Å². The van der Waals surface area contributed by atoms with Crippen LogP contribution in [0.15, 0.2) is 41.3 Å². The van der Waals surface area contributed by atoms with Crippen LogP contribution in [0.5, 0.6) is 11.5 Å². The average Bonchev–Trinajstić information content (AvgIpc) is 2.83. The lowest BCUT2D eigenvalue weighted by molar-refractivity contribution is -0.123. The Hall–Kier alpha value is -3.11. The second-order valence-electron chi connectivity index (χ2n) is 8.51. The standard InChI is InChI=1S/C24H29N3O6S/c1-4-19-24(29)26-18-12-15(2)22(13-21(18)33-19)34(30,31)27-11-7-8-16(14-27)23(28)25-17-9-5-6-10-20(17)32-3/h5-6,9-10,12-13,16,19H,4,7-8,11,14H2,1-3H3,(H,25,28)(H,26,29)/t16-,19+/m0/s1. The number of rotatable bonds is 6. The normalized spacial score (nSPS) is 20.6. The van der Waals surface area contributed by atoms with Crippen molar-refractivity contribution in [2.75, 3.05) is 30.8 Å². The maximum atomic E-state index is 13.6. The van der Waals surface area contributed by atoms with Crippen LogP contribution in [0.2, 0.25) is 0 Å². The number of sulfonamides is 1. The number of piperidine rings is 1. The summed E-state index contributed by atoms with van der Waals surface area (Å²) in [5.74, 6) is -0.115. The van der Waals surface area contributed by atoms with E-state index in [0.29, 0.717) is 54.2 Å². The van der Waals surface area contributed by atoms with Crippen LogP contribution in [-0.4, -0.2) is 50.8 Å². The molecule has 0 radical (unpaired) electrons. The zero-order valence-corrected chi connectivity index (χ0v) is 20.3. The van der Waals surface area contributed by atoms with Gasteiger partial charge < -0.3 is 20.1 Å². The second kappa shape index (κ2) is 9.63. The number of amides is 2.